The average Bonchev–Trinajstić information content (AvgIpc) is 2.76. The van der Waals surface area contributed by atoms with Crippen LogP contribution in [-0.4, -0.2) is 21.2 Å². The maximum Gasteiger partial charge on any atom is 0.229 e. The fourth-order valence-electron chi connectivity index (χ4n) is 2.62. The summed E-state index contributed by atoms with van der Waals surface area (Å²) in [5.41, 5.74) is 6.59. The summed E-state index contributed by atoms with van der Waals surface area (Å²) in [4.78, 5) is 12.3. The monoisotopic (exact) mass is 286 g/mol. The van der Waals surface area contributed by atoms with E-state index in [0.717, 1.165) is 37.9 Å². The van der Waals surface area contributed by atoms with Crippen LogP contribution >= 0.6 is 12.4 Å². The highest BCUT2D eigenvalue weighted by Gasteiger charge is 2.37. The molecule has 0 aromatic carbocycles. The van der Waals surface area contributed by atoms with Crippen LogP contribution in [0.3, 0.4) is 0 Å². The Balaban J connectivity index is 0.00000180. The molecule has 19 heavy (non-hydrogen) atoms. The standard InChI is InChI=1S/C13H22N4O.ClH/c1-3-17-9-10(8-15-17)16-12(18)11-6-4-5-7-13(11,2)14;/h8-9,11H,3-7,14H2,1-2H3,(H,16,18);1H. The highest BCUT2D eigenvalue weighted by atomic mass is 35.5. The van der Waals surface area contributed by atoms with Crippen molar-refractivity contribution in [1.29, 1.82) is 0 Å². The van der Waals surface area contributed by atoms with Gasteiger partial charge in [0.15, 0.2) is 0 Å². The van der Waals surface area contributed by atoms with Crippen LogP contribution in [0.2, 0.25) is 0 Å². The lowest BCUT2D eigenvalue weighted by Crippen LogP contribution is -2.51. The van der Waals surface area contributed by atoms with Crippen LogP contribution in [0, 0.1) is 5.92 Å². The summed E-state index contributed by atoms with van der Waals surface area (Å²) in [6.45, 7) is 4.79. The van der Waals surface area contributed by atoms with Crippen molar-refractivity contribution in [3.8, 4) is 0 Å². The van der Waals surface area contributed by atoms with Gasteiger partial charge in [0.2, 0.25) is 5.91 Å². The summed E-state index contributed by atoms with van der Waals surface area (Å²) in [6, 6.07) is 0. The Morgan fingerprint density at radius 1 is 1.63 bits per heavy atom. The molecule has 0 aliphatic heterocycles. The molecule has 2 unspecified atom stereocenters. The molecule has 0 spiro atoms. The zero-order valence-electron chi connectivity index (χ0n) is 11.6. The van der Waals surface area contributed by atoms with Gasteiger partial charge < -0.3 is 11.1 Å². The lowest BCUT2D eigenvalue weighted by Gasteiger charge is -2.37. The Morgan fingerprint density at radius 2 is 2.37 bits per heavy atom. The zero-order valence-corrected chi connectivity index (χ0v) is 12.4. The van der Waals surface area contributed by atoms with E-state index in [1.165, 1.54) is 0 Å². The molecule has 1 aliphatic rings. The van der Waals surface area contributed by atoms with E-state index in [0.29, 0.717) is 0 Å². The van der Waals surface area contributed by atoms with E-state index in [1.807, 2.05) is 20.0 Å². The Labute approximate surface area is 120 Å². The van der Waals surface area contributed by atoms with Gasteiger partial charge in [0.25, 0.3) is 0 Å². The van der Waals surface area contributed by atoms with E-state index >= 15 is 0 Å². The molecule has 0 radical (unpaired) electrons. The van der Waals surface area contributed by atoms with Gasteiger partial charge in [-0.3, -0.25) is 9.48 Å². The predicted octanol–water partition coefficient (Wildman–Crippen LogP) is 2.17. The fraction of sp³-hybridized carbons (Fsp3) is 0.692. The number of carbonyl (C=O) groups is 1. The molecule has 6 heteroatoms. The molecule has 2 atom stereocenters. The third kappa shape index (κ3) is 3.70. The number of nitrogens with two attached hydrogens (primary N) is 1. The molecule has 2 rings (SSSR count). The molecule has 3 N–H and O–H groups in total. The van der Waals surface area contributed by atoms with Gasteiger partial charge in [0.1, 0.15) is 0 Å². The lowest BCUT2D eigenvalue weighted by atomic mass is 9.74. The van der Waals surface area contributed by atoms with E-state index in [1.54, 1.807) is 10.9 Å². The number of hydrogen-bond acceptors (Lipinski definition) is 3. The van der Waals surface area contributed by atoms with Crippen molar-refractivity contribution in [2.75, 3.05) is 5.32 Å². The first-order valence-electron chi connectivity index (χ1n) is 6.65. The summed E-state index contributed by atoms with van der Waals surface area (Å²) in [5.74, 6) is -0.0772. The SMILES string of the molecule is CCn1cc(NC(=O)C2CCCCC2(C)N)cn1.Cl. The second kappa shape index (κ2) is 6.39. The van der Waals surface area contributed by atoms with Crippen molar-refractivity contribution >= 4 is 24.0 Å². The van der Waals surface area contributed by atoms with E-state index in [-0.39, 0.29) is 29.8 Å². The molecule has 0 bridgehead atoms. The number of halogens is 1. The topological polar surface area (TPSA) is 72.9 Å². The second-order valence-electron chi connectivity index (χ2n) is 5.38. The minimum Gasteiger partial charge on any atom is -0.325 e. The summed E-state index contributed by atoms with van der Waals surface area (Å²) >= 11 is 0. The van der Waals surface area contributed by atoms with Gasteiger partial charge >= 0.3 is 0 Å². The Morgan fingerprint density at radius 3 is 2.95 bits per heavy atom. The van der Waals surface area contributed by atoms with E-state index in [9.17, 15) is 4.79 Å². The van der Waals surface area contributed by atoms with Gasteiger partial charge in [-0.1, -0.05) is 12.8 Å². The summed E-state index contributed by atoms with van der Waals surface area (Å²) in [6.07, 6.45) is 7.51. The van der Waals surface area contributed by atoms with Crippen LogP contribution < -0.4 is 11.1 Å². The average molecular weight is 287 g/mol. The van der Waals surface area contributed by atoms with Gasteiger partial charge in [-0.15, -0.1) is 12.4 Å². The number of aromatic nitrogens is 2. The minimum atomic E-state index is -0.386. The molecule has 1 aliphatic carbocycles. The summed E-state index contributed by atoms with van der Waals surface area (Å²) in [7, 11) is 0. The van der Waals surface area contributed by atoms with Crippen LogP contribution in [-0.2, 0) is 11.3 Å². The molecule has 1 heterocycles. The van der Waals surface area contributed by atoms with Crippen LogP contribution in [0.15, 0.2) is 12.4 Å². The lowest BCUT2D eigenvalue weighted by molar-refractivity contribution is -0.122. The van der Waals surface area contributed by atoms with Crippen LogP contribution in [0.25, 0.3) is 0 Å². The zero-order chi connectivity index (χ0) is 13.2. The highest BCUT2D eigenvalue weighted by molar-refractivity contribution is 5.93. The summed E-state index contributed by atoms with van der Waals surface area (Å²) in [5, 5.41) is 7.06. The first kappa shape index (κ1) is 16.0. The van der Waals surface area contributed by atoms with Crippen molar-refractivity contribution in [2.24, 2.45) is 11.7 Å². The first-order chi connectivity index (χ1) is 8.53. The maximum atomic E-state index is 12.3. The van der Waals surface area contributed by atoms with Gasteiger partial charge in [0, 0.05) is 18.3 Å². The number of anilines is 1. The Bertz CT molecular complexity index is 430. The number of nitrogens with zero attached hydrogens (tertiary/aromatic N) is 2. The number of rotatable bonds is 3. The number of nitrogens with one attached hydrogen (secondary N) is 1. The molecule has 5 nitrogen and oxygen atoms in total. The molecule has 1 aromatic rings. The van der Waals surface area contributed by atoms with Crippen molar-refractivity contribution < 1.29 is 4.79 Å². The van der Waals surface area contributed by atoms with Crippen molar-refractivity contribution in [3.63, 3.8) is 0 Å². The van der Waals surface area contributed by atoms with E-state index in [4.69, 9.17) is 5.73 Å². The van der Waals surface area contributed by atoms with Gasteiger partial charge in [-0.2, -0.15) is 5.10 Å². The van der Waals surface area contributed by atoms with Gasteiger partial charge in [-0.05, 0) is 26.7 Å². The van der Waals surface area contributed by atoms with Crippen LogP contribution in [0.5, 0.6) is 0 Å². The molecule has 1 saturated carbocycles. The minimum absolute atomic E-state index is 0. The molecule has 1 aromatic heterocycles. The summed E-state index contributed by atoms with van der Waals surface area (Å²) < 4.78 is 1.79. The van der Waals surface area contributed by atoms with Gasteiger partial charge in [-0.25, -0.2) is 0 Å². The molecule has 1 amide bonds. The van der Waals surface area contributed by atoms with Crippen molar-refractivity contribution in [3.05, 3.63) is 12.4 Å². The van der Waals surface area contributed by atoms with Crippen molar-refractivity contribution in [1.82, 2.24) is 9.78 Å². The van der Waals surface area contributed by atoms with Crippen LogP contribution in [0.4, 0.5) is 5.69 Å². The third-order valence-corrected chi connectivity index (χ3v) is 3.80. The molecule has 1 fully saturated rings. The number of amides is 1. The number of carbonyl (C=O) groups excluding carboxylic acids is 1. The molecule has 0 saturated heterocycles. The Kier molecular flexibility index (Phi) is 5.38. The van der Waals surface area contributed by atoms with Crippen LogP contribution in [0.1, 0.15) is 39.5 Å². The smallest absolute Gasteiger partial charge is 0.229 e. The van der Waals surface area contributed by atoms with E-state index < -0.39 is 0 Å². The maximum absolute atomic E-state index is 12.3. The number of hydrogen-bond donors (Lipinski definition) is 2. The quantitative estimate of drug-likeness (QED) is 0.894. The first-order valence-corrected chi connectivity index (χ1v) is 6.65. The molecular weight excluding hydrogens is 264 g/mol. The highest BCUT2D eigenvalue weighted by Crippen LogP contribution is 2.32. The number of aryl methyl sites for hydroxylation is 1. The van der Waals surface area contributed by atoms with E-state index in [2.05, 4.69) is 10.4 Å². The molecule has 108 valence electrons. The third-order valence-electron chi connectivity index (χ3n) is 3.80. The largest absolute Gasteiger partial charge is 0.325 e. The predicted molar refractivity (Wildman–Crippen MR) is 78.3 cm³/mol. The second-order valence-corrected chi connectivity index (χ2v) is 5.38. The Hall–Kier alpha value is -1.07. The van der Waals surface area contributed by atoms with Crippen molar-refractivity contribution in [2.45, 2.75) is 51.6 Å². The fourth-order valence-corrected chi connectivity index (χ4v) is 2.62. The molecular formula is C13H23ClN4O. The normalized spacial score (nSPS) is 26.6. The van der Waals surface area contributed by atoms with Gasteiger partial charge in [0.05, 0.1) is 17.8 Å².